The van der Waals surface area contributed by atoms with Crippen LogP contribution in [-0.4, -0.2) is 19.9 Å². The minimum Gasteiger partial charge on any atom is -0.357 e. The van der Waals surface area contributed by atoms with E-state index in [0.29, 0.717) is 6.61 Å². The molecule has 0 unspecified atom stereocenters. The Hall–Kier alpha value is -1.71. The summed E-state index contributed by atoms with van der Waals surface area (Å²) in [5.41, 5.74) is 11.9. The van der Waals surface area contributed by atoms with Gasteiger partial charge in [-0.2, -0.15) is 0 Å². The predicted octanol–water partition coefficient (Wildman–Crippen LogP) is 2.95. The lowest BCUT2D eigenvalue weighted by Crippen LogP contribution is -2.38. The van der Waals surface area contributed by atoms with E-state index in [0.717, 1.165) is 18.4 Å². The van der Waals surface area contributed by atoms with Crippen LogP contribution in [0.3, 0.4) is 0 Å². The molecule has 2 aliphatic heterocycles. The first-order valence-corrected chi connectivity index (χ1v) is 6.27. The molecular weight excluding hydrogens is 228 g/mol. The Labute approximate surface area is 106 Å². The van der Waals surface area contributed by atoms with Crippen LogP contribution >= 0.6 is 0 Å². The summed E-state index contributed by atoms with van der Waals surface area (Å²) in [5, 5.41) is 4.10. The third-order valence-corrected chi connectivity index (χ3v) is 4.06. The SMILES string of the molecule is CCc1cccc2c1N(C)[C@H]1OCC[C@@]21N=[N+]=[N-]. The Morgan fingerprint density at radius 3 is 3.17 bits per heavy atom. The third kappa shape index (κ3) is 1.23. The zero-order valence-electron chi connectivity index (χ0n) is 10.6. The Morgan fingerprint density at radius 2 is 2.44 bits per heavy atom. The van der Waals surface area contributed by atoms with Gasteiger partial charge in [-0.1, -0.05) is 30.2 Å². The molecule has 0 spiro atoms. The van der Waals surface area contributed by atoms with Gasteiger partial charge in [0.1, 0.15) is 11.8 Å². The molecule has 1 aromatic carbocycles. The summed E-state index contributed by atoms with van der Waals surface area (Å²) < 4.78 is 5.79. The lowest BCUT2D eigenvalue weighted by atomic mass is 9.89. The normalized spacial score (nSPS) is 28.8. The average molecular weight is 244 g/mol. The molecule has 0 N–H and O–H groups in total. The van der Waals surface area contributed by atoms with E-state index >= 15 is 0 Å². The molecule has 94 valence electrons. The van der Waals surface area contributed by atoms with Gasteiger partial charge in [-0.15, -0.1) is 0 Å². The van der Waals surface area contributed by atoms with E-state index in [2.05, 4.69) is 34.0 Å². The smallest absolute Gasteiger partial charge is 0.145 e. The third-order valence-electron chi connectivity index (χ3n) is 4.06. The molecule has 2 heterocycles. The minimum atomic E-state index is -0.538. The standard InChI is InChI=1S/C13H16N4O/c1-3-9-5-4-6-10-11(9)17(2)12-13(10,15-16-14)7-8-18-12/h4-6,12H,3,7-8H2,1-2H3/t12-,13+/m0/s1. The molecule has 3 rings (SSSR count). The van der Waals surface area contributed by atoms with Gasteiger partial charge in [-0.3, -0.25) is 0 Å². The van der Waals surface area contributed by atoms with Crippen molar-refractivity contribution in [3.63, 3.8) is 0 Å². The van der Waals surface area contributed by atoms with Crippen LogP contribution < -0.4 is 4.90 Å². The summed E-state index contributed by atoms with van der Waals surface area (Å²) in [6.45, 7) is 2.78. The first-order valence-electron chi connectivity index (χ1n) is 6.27. The number of ether oxygens (including phenoxy) is 1. The van der Waals surface area contributed by atoms with E-state index in [1.165, 1.54) is 11.3 Å². The maximum absolute atomic E-state index is 8.89. The topological polar surface area (TPSA) is 61.2 Å². The second-order valence-electron chi connectivity index (χ2n) is 4.86. The number of para-hydroxylation sites is 1. The van der Waals surface area contributed by atoms with E-state index in [-0.39, 0.29) is 6.23 Å². The van der Waals surface area contributed by atoms with Crippen molar-refractivity contribution in [2.24, 2.45) is 5.11 Å². The summed E-state index contributed by atoms with van der Waals surface area (Å²) in [7, 11) is 2.02. The summed E-state index contributed by atoms with van der Waals surface area (Å²) in [6, 6.07) is 6.23. The fourth-order valence-electron chi connectivity index (χ4n) is 3.28. The Balaban J connectivity index is 2.26. The van der Waals surface area contributed by atoms with Crippen LogP contribution in [0.5, 0.6) is 0 Å². The molecule has 1 saturated heterocycles. The molecule has 0 radical (unpaired) electrons. The second-order valence-corrected chi connectivity index (χ2v) is 4.86. The highest BCUT2D eigenvalue weighted by molar-refractivity contribution is 5.68. The largest absolute Gasteiger partial charge is 0.357 e. The number of anilines is 1. The van der Waals surface area contributed by atoms with Crippen LogP contribution in [0.4, 0.5) is 5.69 Å². The molecule has 5 nitrogen and oxygen atoms in total. The summed E-state index contributed by atoms with van der Waals surface area (Å²) in [6.07, 6.45) is 1.56. The highest BCUT2D eigenvalue weighted by Crippen LogP contribution is 2.52. The highest BCUT2D eigenvalue weighted by atomic mass is 16.5. The average Bonchev–Trinajstić information content (AvgIpc) is 2.90. The molecule has 0 aromatic heterocycles. The number of benzene rings is 1. The van der Waals surface area contributed by atoms with Crippen molar-refractivity contribution in [1.29, 1.82) is 0 Å². The van der Waals surface area contributed by atoms with Gasteiger partial charge < -0.3 is 9.64 Å². The number of likely N-dealkylation sites (N-methyl/N-ethyl adjacent to an activating group) is 1. The van der Waals surface area contributed by atoms with Crippen LogP contribution in [0.1, 0.15) is 24.5 Å². The van der Waals surface area contributed by atoms with Gasteiger partial charge in [-0.25, -0.2) is 0 Å². The summed E-state index contributed by atoms with van der Waals surface area (Å²) in [4.78, 5) is 5.18. The molecule has 2 aliphatic rings. The number of azide groups is 1. The van der Waals surface area contributed by atoms with Crippen molar-refractivity contribution >= 4 is 5.69 Å². The van der Waals surface area contributed by atoms with Gasteiger partial charge in [0.15, 0.2) is 0 Å². The van der Waals surface area contributed by atoms with Crippen molar-refractivity contribution in [1.82, 2.24) is 0 Å². The van der Waals surface area contributed by atoms with Crippen LogP contribution in [0.25, 0.3) is 10.4 Å². The molecule has 1 aromatic rings. The number of aryl methyl sites for hydroxylation is 1. The van der Waals surface area contributed by atoms with E-state index in [4.69, 9.17) is 10.3 Å². The van der Waals surface area contributed by atoms with Gasteiger partial charge in [0.2, 0.25) is 0 Å². The van der Waals surface area contributed by atoms with E-state index < -0.39 is 5.54 Å². The van der Waals surface area contributed by atoms with Crippen LogP contribution in [0.2, 0.25) is 0 Å². The van der Waals surface area contributed by atoms with Gasteiger partial charge >= 0.3 is 0 Å². The summed E-state index contributed by atoms with van der Waals surface area (Å²) in [5.74, 6) is 0. The molecule has 0 aliphatic carbocycles. The number of nitrogens with zero attached hydrogens (tertiary/aromatic N) is 4. The number of fused-ring (bicyclic) bond motifs is 3. The predicted molar refractivity (Wildman–Crippen MR) is 69.4 cm³/mol. The van der Waals surface area contributed by atoms with Crippen molar-refractivity contribution in [2.75, 3.05) is 18.6 Å². The molecule has 2 atom stereocenters. The Bertz CT molecular complexity index is 538. The first kappa shape index (κ1) is 11.4. The van der Waals surface area contributed by atoms with E-state index in [1.54, 1.807) is 0 Å². The van der Waals surface area contributed by atoms with Gasteiger partial charge in [0, 0.05) is 17.6 Å². The van der Waals surface area contributed by atoms with Gasteiger partial charge in [0.25, 0.3) is 0 Å². The van der Waals surface area contributed by atoms with Gasteiger partial charge in [-0.05, 0) is 29.5 Å². The van der Waals surface area contributed by atoms with Crippen molar-refractivity contribution in [2.45, 2.75) is 31.5 Å². The van der Waals surface area contributed by atoms with E-state index in [1.807, 2.05) is 13.1 Å². The zero-order chi connectivity index (χ0) is 12.8. The maximum atomic E-state index is 8.89. The zero-order valence-corrected chi connectivity index (χ0v) is 10.6. The van der Waals surface area contributed by atoms with Crippen molar-refractivity contribution in [3.8, 4) is 0 Å². The van der Waals surface area contributed by atoms with Gasteiger partial charge in [0.05, 0.1) is 6.61 Å². The highest BCUT2D eigenvalue weighted by Gasteiger charge is 2.54. The molecule has 0 bridgehead atoms. The Kier molecular flexibility index (Phi) is 2.47. The van der Waals surface area contributed by atoms with Crippen LogP contribution in [0.15, 0.2) is 23.3 Å². The van der Waals surface area contributed by atoms with Crippen molar-refractivity contribution in [3.05, 3.63) is 39.8 Å². The lowest BCUT2D eigenvalue weighted by molar-refractivity contribution is 0.0892. The molecule has 0 amide bonds. The van der Waals surface area contributed by atoms with Crippen LogP contribution in [-0.2, 0) is 16.7 Å². The second kappa shape index (κ2) is 3.90. The minimum absolute atomic E-state index is 0.156. The fraction of sp³-hybridized carbons (Fsp3) is 0.538. The number of rotatable bonds is 2. The van der Waals surface area contributed by atoms with Crippen LogP contribution in [0, 0.1) is 0 Å². The summed E-state index contributed by atoms with van der Waals surface area (Å²) >= 11 is 0. The first-order chi connectivity index (χ1) is 8.74. The monoisotopic (exact) mass is 244 g/mol. The molecule has 0 saturated carbocycles. The fourth-order valence-corrected chi connectivity index (χ4v) is 3.28. The number of hydrogen-bond acceptors (Lipinski definition) is 3. The lowest BCUT2D eigenvalue weighted by Gasteiger charge is -2.26. The van der Waals surface area contributed by atoms with E-state index in [9.17, 15) is 0 Å². The molecule has 1 fully saturated rings. The molecular formula is C13H16N4O. The van der Waals surface area contributed by atoms with Crippen molar-refractivity contribution < 1.29 is 4.74 Å². The number of hydrogen-bond donors (Lipinski definition) is 0. The molecule has 5 heteroatoms. The molecule has 18 heavy (non-hydrogen) atoms. The maximum Gasteiger partial charge on any atom is 0.145 e. The quantitative estimate of drug-likeness (QED) is 0.456. The Morgan fingerprint density at radius 1 is 1.61 bits per heavy atom.